The Morgan fingerprint density at radius 1 is 1.11 bits per heavy atom. The van der Waals surface area contributed by atoms with Crippen molar-refractivity contribution in [1.82, 2.24) is 5.06 Å². The molecule has 0 unspecified atom stereocenters. The van der Waals surface area contributed by atoms with Gasteiger partial charge in [0.2, 0.25) is 0 Å². The summed E-state index contributed by atoms with van der Waals surface area (Å²) in [5, 5.41) is 1.51. The van der Waals surface area contributed by atoms with Crippen molar-refractivity contribution in [1.29, 1.82) is 0 Å². The van der Waals surface area contributed by atoms with Gasteiger partial charge in [-0.3, -0.25) is 4.84 Å². The predicted molar refractivity (Wildman–Crippen MR) is 75.8 cm³/mol. The van der Waals surface area contributed by atoms with E-state index in [1.807, 2.05) is 6.92 Å². The number of rotatable bonds is 8. The summed E-state index contributed by atoms with van der Waals surface area (Å²) in [6.45, 7) is 5.04. The fraction of sp³-hybridized carbons (Fsp3) is 0.933. The summed E-state index contributed by atoms with van der Waals surface area (Å²) in [5.41, 5.74) is 0. The van der Waals surface area contributed by atoms with Crippen LogP contribution in [0.5, 0.6) is 0 Å². The van der Waals surface area contributed by atoms with Gasteiger partial charge in [-0.2, -0.15) is 5.06 Å². The van der Waals surface area contributed by atoms with E-state index in [2.05, 4.69) is 6.92 Å². The van der Waals surface area contributed by atoms with Gasteiger partial charge >= 0.3 is 6.09 Å². The number of hydrogen-bond donors (Lipinski definition) is 0. The standard InChI is InChI=1S/C15H29NO3/c1-3-5-6-10-13-19-16(15(17)18-4-2)14-11-8-7-9-12-14/h14H,3-13H2,1-2H3. The van der Waals surface area contributed by atoms with E-state index in [9.17, 15) is 4.79 Å². The van der Waals surface area contributed by atoms with E-state index in [0.717, 1.165) is 25.7 Å². The first kappa shape index (κ1) is 16.3. The number of hydrogen-bond acceptors (Lipinski definition) is 3. The van der Waals surface area contributed by atoms with Crippen molar-refractivity contribution in [3.05, 3.63) is 0 Å². The van der Waals surface area contributed by atoms with E-state index in [1.54, 1.807) is 0 Å². The highest BCUT2D eigenvalue weighted by Crippen LogP contribution is 2.23. The zero-order chi connectivity index (χ0) is 13.9. The van der Waals surface area contributed by atoms with Crippen LogP contribution in [0.4, 0.5) is 4.79 Å². The molecule has 0 atom stereocenters. The highest BCUT2D eigenvalue weighted by atomic mass is 16.7. The van der Waals surface area contributed by atoms with Crippen LogP contribution >= 0.6 is 0 Å². The van der Waals surface area contributed by atoms with Crippen LogP contribution in [-0.2, 0) is 9.57 Å². The molecule has 0 aromatic heterocycles. The van der Waals surface area contributed by atoms with E-state index < -0.39 is 0 Å². The molecule has 1 saturated carbocycles. The van der Waals surface area contributed by atoms with Gasteiger partial charge in [0.05, 0.1) is 19.3 Å². The molecule has 1 fully saturated rings. The number of amides is 1. The van der Waals surface area contributed by atoms with Gasteiger partial charge in [0, 0.05) is 0 Å². The lowest BCUT2D eigenvalue weighted by atomic mass is 9.95. The van der Waals surface area contributed by atoms with Crippen LogP contribution in [0.25, 0.3) is 0 Å². The molecule has 112 valence electrons. The largest absolute Gasteiger partial charge is 0.448 e. The highest BCUT2D eigenvalue weighted by molar-refractivity contribution is 5.66. The van der Waals surface area contributed by atoms with Gasteiger partial charge in [0.15, 0.2) is 0 Å². The first-order valence-corrected chi connectivity index (χ1v) is 7.88. The van der Waals surface area contributed by atoms with Crippen LogP contribution in [0.2, 0.25) is 0 Å². The molecule has 0 heterocycles. The van der Waals surface area contributed by atoms with Gasteiger partial charge in [-0.15, -0.1) is 0 Å². The summed E-state index contributed by atoms with van der Waals surface area (Å²) in [6.07, 6.45) is 10.0. The second-order valence-corrected chi connectivity index (χ2v) is 5.21. The Morgan fingerprint density at radius 2 is 1.84 bits per heavy atom. The summed E-state index contributed by atoms with van der Waals surface area (Å²) in [7, 11) is 0. The monoisotopic (exact) mass is 271 g/mol. The smallest absolute Gasteiger partial charge is 0.434 e. The molecule has 0 radical (unpaired) electrons. The van der Waals surface area contributed by atoms with Crippen molar-refractivity contribution in [2.45, 2.75) is 77.7 Å². The molecule has 0 N–H and O–H groups in total. The first-order chi connectivity index (χ1) is 9.29. The molecule has 4 nitrogen and oxygen atoms in total. The minimum Gasteiger partial charge on any atom is -0.448 e. The number of ether oxygens (including phenoxy) is 1. The molecule has 0 aromatic rings. The molecule has 4 heteroatoms. The zero-order valence-electron chi connectivity index (χ0n) is 12.5. The Bertz CT molecular complexity index is 240. The second-order valence-electron chi connectivity index (χ2n) is 5.21. The number of hydroxylamine groups is 2. The third-order valence-corrected chi connectivity index (χ3v) is 3.58. The van der Waals surface area contributed by atoms with Crippen molar-refractivity contribution in [3.8, 4) is 0 Å². The third-order valence-electron chi connectivity index (χ3n) is 3.58. The average Bonchev–Trinajstić information content (AvgIpc) is 2.44. The SMILES string of the molecule is CCCCCCON(C(=O)OCC)C1CCCCC1. The molecule has 1 aliphatic rings. The average molecular weight is 271 g/mol. The quantitative estimate of drug-likeness (QED) is 0.488. The summed E-state index contributed by atoms with van der Waals surface area (Å²) >= 11 is 0. The lowest BCUT2D eigenvalue weighted by Crippen LogP contribution is -2.42. The molecule has 0 saturated heterocycles. The normalized spacial score (nSPS) is 16.3. The number of unbranched alkanes of at least 4 members (excludes halogenated alkanes) is 3. The molecule has 0 aromatic carbocycles. The number of nitrogens with zero attached hydrogens (tertiary/aromatic N) is 1. The van der Waals surface area contributed by atoms with E-state index in [0.29, 0.717) is 13.2 Å². The van der Waals surface area contributed by atoms with Gasteiger partial charge in [0.25, 0.3) is 0 Å². The van der Waals surface area contributed by atoms with Crippen molar-refractivity contribution >= 4 is 6.09 Å². The number of carbonyl (C=O) groups is 1. The highest BCUT2D eigenvalue weighted by Gasteiger charge is 2.27. The van der Waals surface area contributed by atoms with Crippen molar-refractivity contribution in [2.24, 2.45) is 0 Å². The lowest BCUT2D eigenvalue weighted by Gasteiger charge is -2.32. The van der Waals surface area contributed by atoms with E-state index in [-0.39, 0.29) is 12.1 Å². The first-order valence-electron chi connectivity index (χ1n) is 7.88. The second kappa shape index (κ2) is 10.1. The molecule has 1 aliphatic carbocycles. The number of carbonyl (C=O) groups excluding carboxylic acids is 1. The van der Waals surface area contributed by atoms with Crippen LogP contribution in [0.1, 0.15) is 71.6 Å². The van der Waals surface area contributed by atoms with Gasteiger partial charge in [-0.1, -0.05) is 45.4 Å². The van der Waals surface area contributed by atoms with Crippen molar-refractivity contribution in [3.63, 3.8) is 0 Å². The van der Waals surface area contributed by atoms with Crippen molar-refractivity contribution in [2.75, 3.05) is 13.2 Å². The van der Waals surface area contributed by atoms with Gasteiger partial charge in [-0.05, 0) is 26.2 Å². The Labute approximate surface area is 117 Å². The molecular formula is C15H29NO3. The molecule has 1 rings (SSSR count). The topological polar surface area (TPSA) is 38.8 Å². The van der Waals surface area contributed by atoms with Gasteiger partial charge in [0.1, 0.15) is 0 Å². The minimum absolute atomic E-state index is 0.207. The Kier molecular flexibility index (Phi) is 8.63. The van der Waals surface area contributed by atoms with Gasteiger partial charge < -0.3 is 4.74 Å². The molecule has 19 heavy (non-hydrogen) atoms. The molecule has 0 aliphatic heterocycles. The van der Waals surface area contributed by atoms with E-state index >= 15 is 0 Å². The van der Waals surface area contributed by atoms with Crippen LogP contribution in [0.3, 0.4) is 0 Å². The maximum absolute atomic E-state index is 11.9. The maximum atomic E-state index is 11.9. The van der Waals surface area contributed by atoms with Crippen LogP contribution in [0.15, 0.2) is 0 Å². The van der Waals surface area contributed by atoms with Crippen molar-refractivity contribution < 1.29 is 14.4 Å². The summed E-state index contributed by atoms with van der Waals surface area (Å²) in [6, 6.07) is 0.207. The molecule has 0 spiro atoms. The van der Waals surface area contributed by atoms with E-state index in [4.69, 9.17) is 9.57 Å². The fourth-order valence-corrected chi connectivity index (χ4v) is 2.50. The van der Waals surface area contributed by atoms with Crippen LogP contribution in [0, 0.1) is 0 Å². The third kappa shape index (κ3) is 6.28. The van der Waals surface area contributed by atoms with Crippen LogP contribution in [-0.4, -0.2) is 30.4 Å². The molecule has 1 amide bonds. The molecular weight excluding hydrogens is 242 g/mol. The fourth-order valence-electron chi connectivity index (χ4n) is 2.50. The molecule has 0 bridgehead atoms. The van der Waals surface area contributed by atoms with E-state index in [1.165, 1.54) is 37.2 Å². The summed E-state index contributed by atoms with van der Waals surface area (Å²) in [5.74, 6) is 0. The van der Waals surface area contributed by atoms with Crippen LogP contribution < -0.4 is 0 Å². The summed E-state index contributed by atoms with van der Waals surface area (Å²) in [4.78, 5) is 17.6. The Hall–Kier alpha value is -0.770. The lowest BCUT2D eigenvalue weighted by molar-refractivity contribution is -0.167. The van der Waals surface area contributed by atoms with Gasteiger partial charge in [-0.25, -0.2) is 4.79 Å². The Morgan fingerprint density at radius 3 is 2.47 bits per heavy atom. The zero-order valence-corrected chi connectivity index (χ0v) is 12.5. The Balaban J connectivity index is 2.37. The minimum atomic E-state index is -0.315. The predicted octanol–water partition coefficient (Wildman–Crippen LogP) is 4.29. The summed E-state index contributed by atoms with van der Waals surface area (Å²) < 4.78 is 5.10. The maximum Gasteiger partial charge on any atom is 0.434 e.